The fourth-order valence-corrected chi connectivity index (χ4v) is 1.74. The first-order chi connectivity index (χ1) is 8.30. The van der Waals surface area contributed by atoms with Gasteiger partial charge in [0.15, 0.2) is 6.10 Å². The van der Waals surface area contributed by atoms with Gasteiger partial charge in [-0.15, -0.1) is 0 Å². The third kappa shape index (κ3) is 3.18. The monoisotopic (exact) mass is 342 g/mol. The first kappa shape index (κ1) is 15.3. The number of carbonyl (C=O) groups is 1. The molecule has 0 radical (unpaired) electrons. The highest BCUT2D eigenvalue weighted by atomic mass is 79.9. The molecule has 0 fully saturated rings. The number of benzene rings is 1. The molecule has 1 atom stereocenters. The van der Waals surface area contributed by atoms with Gasteiger partial charge in [-0.05, 0) is 40.5 Å². The van der Waals surface area contributed by atoms with Crippen molar-refractivity contribution in [3.05, 3.63) is 33.3 Å². The summed E-state index contributed by atoms with van der Waals surface area (Å²) in [6, 6.07) is 3.77. The summed E-state index contributed by atoms with van der Waals surface area (Å²) in [5.41, 5.74) is -0.135. The Bertz CT molecular complexity index is 454. The van der Waals surface area contributed by atoms with E-state index in [0.29, 0.717) is 9.50 Å². The minimum Gasteiger partial charge on any atom is -0.461 e. The van der Waals surface area contributed by atoms with Crippen LogP contribution in [0, 0.1) is 0 Å². The molecule has 100 valence electrons. The molecule has 0 saturated carbocycles. The van der Waals surface area contributed by atoms with E-state index in [4.69, 9.17) is 11.6 Å². The molecule has 0 heterocycles. The van der Waals surface area contributed by atoms with Gasteiger partial charge in [0.05, 0.1) is 11.6 Å². The summed E-state index contributed by atoms with van der Waals surface area (Å²) >= 11 is 8.75. The van der Waals surface area contributed by atoms with Crippen molar-refractivity contribution >= 4 is 33.5 Å². The summed E-state index contributed by atoms with van der Waals surface area (Å²) in [4.78, 5) is 11.1. The Kier molecular flexibility index (Phi) is 5.07. The molecule has 1 N–H and O–H groups in total. The number of aliphatic hydroxyl groups excluding tert-OH is 1. The number of hydrogen-bond donors (Lipinski definition) is 1. The Morgan fingerprint density at radius 2 is 2.22 bits per heavy atom. The highest BCUT2D eigenvalue weighted by Crippen LogP contribution is 2.35. The molecule has 18 heavy (non-hydrogen) atoms. The smallest absolute Gasteiger partial charge is 0.380 e. The standard InChI is InChI=1S/C11H10BrClF2O3/c1-2-18-10(17)11(14,15)9(16)6-3-4-8(13)7(12)5-6/h3-5,9,16H,2H2,1H3. The van der Waals surface area contributed by atoms with Crippen molar-refractivity contribution in [2.45, 2.75) is 19.0 Å². The maximum Gasteiger partial charge on any atom is 0.380 e. The maximum atomic E-state index is 13.5. The predicted octanol–water partition coefficient (Wildman–Crippen LogP) is 3.33. The van der Waals surface area contributed by atoms with Crippen molar-refractivity contribution in [3.63, 3.8) is 0 Å². The first-order valence-corrected chi connectivity index (χ1v) is 6.15. The van der Waals surface area contributed by atoms with E-state index in [1.165, 1.54) is 25.1 Å². The molecule has 1 aromatic rings. The lowest BCUT2D eigenvalue weighted by molar-refractivity contribution is -0.189. The van der Waals surface area contributed by atoms with E-state index < -0.39 is 18.0 Å². The van der Waals surface area contributed by atoms with Crippen LogP contribution in [0.1, 0.15) is 18.6 Å². The van der Waals surface area contributed by atoms with Gasteiger partial charge in [-0.3, -0.25) is 0 Å². The average molecular weight is 344 g/mol. The summed E-state index contributed by atoms with van der Waals surface area (Å²) in [6.07, 6.45) is -2.29. The lowest BCUT2D eigenvalue weighted by Crippen LogP contribution is -2.37. The summed E-state index contributed by atoms with van der Waals surface area (Å²) in [7, 11) is 0. The fourth-order valence-electron chi connectivity index (χ4n) is 1.23. The molecule has 3 nitrogen and oxygen atoms in total. The number of alkyl halides is 2. The van der Waals surface area contributed by atoms with Gasteiger partial charge in [0.25, 0.3) is 0 Å². The molecule has 0 amide bonds. The summed E-state index contributed by atoms with van der Waals surface area (Å²) in [6.45, 7) is 1.21. The van der Waals surface area contributed by atoms with Crippen LogP contribution in [-0.4, -0.2) is 23.6 Å². The zero-order chi connectivity index (χ0) is 13.9. The normalized spacial score (nSPS) is 13.2. The highest BCUT2D eigenvalue weighted by molar-refractivity contribution is 9.10. The topological polar surface area (TPSA) is 46.5 Å². The molecule has 0 aliphatic carbocycles. The summed E-state index contributed by atoms with van der Waals surface area (Å²) < 4.78 is 31.7. The van der Waals surface area contributed by atoms with Crippen LogP contribution in [-0.2, 0) is 9.53 Å². The Balaban J connectivity index is 3.01. The zero-order valence-electron chi connectivity index (χ0n) is 9.29. The number of aliphatic hydroxyl groups is 1. The minimum absolute atomic E-state index is 0.135. The Labute approximate surface area is 116 Å². The van der Waals surface area contributed by atoms with E-state index in [1.54, 1.807) is 0 Å². The molecule has 7 heteroatoms. The zero-order valence-corrected chi connectivity index (χ0v) is 11.6. The predicted molar refractivity (Wildman–Crippen MR) is 65.7 cm³/mol. The van der Waals surface area contributed by atoms with Gasteiger partial charge < -0.3 is 9.84 Å². The molecule has 0 saturated heterocycles. The Morgan fingerprint density at radius 1 is 1.61 bits per heavy atom. The lowest BCUT2D eigenvalue weighted by atomic mass is 10.0. The van der Waals surface area contributed by atoms with E-state index in [0.717, 1.165) is 0 Å². The number of carbonyl (C=O) groups excluding carboxylic acids is 1. The summed E-state index contributed by atoms with van der Waals surface area (Å²) in [5.74, 6) is -5.77. The Hall–Kier alpha value is -0.720. The third-order valence-electron chi connectivity index (χ3n) is 2.15. The van der Waals surface area contributed by atoms with Crippen LogP contribution in [0.4, 0.5) is 8.78 Å². The van der Waals surface area contributed by atoms with Crippen LogP contribution in [0.25, 0.3) is 0 Å². The van der Waals surface area contributed by atoms with Crippen molar-refractivity contribution in [3.8, 4) is 0 Å². The molecule has 1 unspecified atom stereocenters. The van der Waals surface area contributed by atoms with E-state index in [2.05, 4.69) is 20.7 Å². The molecule has 1 rings (SSSR count). The van der Waals surface area contributed by atoms with Crippen molar-refractivity contribution in [2.24, 2.45) is 0 Å². The molecule has 0 bridgehead atoms. The molecule has 0 aromatic heterocycles. The molecule has 0 aliphatic heterocycles. The molecule has 0 aliphatic rings. The molecule has 0 spiro atoms. The number of rotatable bonds is 4. The second-order valence-corrected chi connectivity index (χ2v) is 4.68. The fraction of sp³-hybridized carbons (Fsp3) is 0.364. The van der Waals surface area contributed by atoms with E-state index in [1.807, 2.05) is 0 Å². The van der Waals surface area contributed by atoms with Crippen LogP contribution >= 0.6 is 27.5 Å². The van der Waals surface area contributed by atoms with Crippen molar-refractivity contribution in [1.29, 1.82) is 0 Å². The van der Waals surface area contributed by atoms with E-state index in [9.17, 15) is 18.7 Å². The van der Waals surface area contributed by atoms with Crippen LogP contribution in [0.3, 0.4) is 0 Å². The van der Waals surface area contributed by atoms with Crippen molar-refractivity contribution in [2.75, 3.05) is 6.61 Å². The van der Waals surface area contributed by atoms with Gasteiger partial charge in [0, 0.05) is 4.47 Å². The summed E-state index contributed by atoms with van der Waals surface area (Å²) in [5, 5.41) is 9.86. The maximum absolute atomic E-state index is 13.5. The van der Waals surface area contributed by atoms with Crippen LogP contribution in [0.2, 0.25) is 5.02 Å². The third-order valence-corrected chi connectivity index (χ3v) is 3.36. The lowest BCUT2D eigenvalue weighted by Gasteiger charge is -2.21. The van der Waals surface area contributed by atoms with E-state index >= 15 is 0 Å². The number of halogens is 4. The minimum atomic E-state index is -4.01. The van der Waals surface area contributed by atoms with Crippen LogP contribution in [0.15, 0.2) is 22.7 Å². The van der Waals surface area contributed by atoms with Gasteiger partial charge in [0.2, 0.25) is 0 Å². The van der Waals surface area contributed by atoms with Gasteiger partial charge in [-0.1, -0.05) is 17.7 Å². The number of ether oxygens (including phenoxy) is 1. The molecule has 1 aromatic carbocycles. The second kappa shape index (κ2) is 5.95. The largest absolute Gasteiger partial charge is 0.461 e. The Morgan fingerprint density at radius 3 is 2.72 bits per heavy atom. The van der Waals surface area contributed by atoms with Crippen LogP contribution in [0.5, 0.6) is 0 Å². The highest BCUT2D eigenvalue weighted by Gasteiger charge is 2.49. The first-order valence-electron chi connectivity index (χ1n) is 4.98. The van der Waals surface area contributed by atoms with Crippen LogP contribution < -0.4 is 0 Å². The average Bonchev–Trinajstić information content (AvgIpc) is 2.32. The van der Waals surface area contributed by atoms with Crippen molar-refractivity contribution in [1.82, 2.24) is 0 Å². The molecular formula is C11H10BrClF2O3. The SMILES string of the molecule is CCOC(=O)C(F)(F)C(O)c1ccc(Cl)c(Br)c1. The van der Waals surface area contributed by atoms with Gasteiger partial charge in [-0.2, -0.15) is 8.78 Å². The number of hydrogen-bond acceptors (Lipinski definition) is 3. The molecular weight excluding hydrogens is 333 g/mol. The number of esters is 1. The van der Waals surface area contributed by atoms with Gasteiger partial charge in [0.1, 0.15) is 0 Å². The second-order valence-electron chi connectivity index (χ2n) is 3.42. The van der Waals surface area contributed by atoms with E-state index in [-0.39, 0.29) is 12.2 Å². The van der Waals surface area contributed by atoms with Crippen molar-refractivity contribution < 1.29 is 23.4 Å². The van der Waals surface area contributed by atoms with Gasteiger partial charge in [-0.25, -0.2) is 4.79 Å². The van der Waals surface area contributed by atoms with Gasteiger partial charge >= 0.3 is 11.9 Å². The quantitative estimate of drug-likeness (QED) is 0.853.